The van der Waals surface area contributed by atoms with Gasteiger partial charge in [0.25, 0.3) is 0 Å². The molecule has 2 aromatic rings. The van der Waals surface area contributed by atoms with Crippen molar-refractivity contribution < 1.29 is 0 Å². The van der Waals surface area contributed by atoms with Crippen LogP contribution in [0.3, 0.4) is 0 Å². The van der Waals surface area contributed by atoms with Crippen LogP contribution in [0.15, 0.2) is 42.9 Å². The smallest absolute Gasteiger partial charge is 0.0589 e. The quantitative estimate of drug-likeness (QED) is 0.757. The van der Waals surface area contributed by atoms with Crippen LogP contribution in [0.4, 0.5) is 0 Å². The van der Waals surface area contributed by atoms with Crippen molar-refractivity contribution in [1.29, 1.82) is 0 Å². The summed E-state index contributed by atoms with van der Waals surface area (Å²) in [5.41, 5.74) is 3.71. The van der Waals surface area contributed by atoms with E-state index in [9.17, 15) is 0 Å². The summed E-state index contributed by atoms with van der Waals surface area (Å²) in [6, 6.07) is 8.63. The van der Waals surface area contributed by atoms with Gasteiger partial charge >= 0.3 is 0 Å². The SMILES string of the molecule is Cc1ccc(CCc2cnccn2)cc1. The summed E-state index contributed by atoms with van der Waals surface area (Å²) in [7, 11) is 0. The molecule has 0 unspecified atom stereocenters. The van der Waals surface area contributed by atoms with Crippen molar-refractivity contribution in [2.75, 3.05) is 0 Å². The molecule has 0 aliphatic carbocycles. The number of rotatable bonds is 3. The lowest BCUT2D eigenvalue weighted by Gasteiger charge is -2.01. The second-order valence-electron chi connectivity index (χ2n) is 3.68. The summed E-state index contributed by atoms with van der Waals surface area (Å²) in [4.78, 5) is 8.30. The highest BCUT2D eigenvalue weighted by Gasteiger charge is 1.96. The van der Waals surface area contributed by atoms with Crippen LogP contribution in [0.1, 0.15) is 16.8 Å². The first-order chi connectivity index (χ1) is 7.34. The summed E-state index contributed by atoms with van der Waals surface area (Å²) in [6.45, 7) is 2.10. The molecular formula is C13H14N2. The van der Waals surface area contributed by atoms with Gasteiger partial charge in [-0.05, 0) is 25.3 Å². The molecule has 0 N–H and O–H groups in total. The average Bonchev–Trinajstić information content (AvgIpc) is 2.30. The monoisotopic (exact) mass is 198 g/mol. The number of aryl methyl sites for hydroxylation is 3. The largest absolute Gasteiger partial charge is 0.261 e. The second-order valence-corrected chi connectivity index (χ2v) is 3.68. The van der Waals surface area contributed by atoms with Crippen molar-refractivity contribution in [3.63, 3.8) is 0 Å². The van der Waals surface area contributed by atoms with E-state index in [0.717, 1.165) is 18.5 Å². The Morgan fingerprint density at radius 1 is 1.00 bits per heavy atom. The van der Waals surface area contributed by atoms with Gasteiger partial charge in [0, 0.05) is 18.6 Å². The molecule has 2 nitrogen and oxygen atoms in total. The van der Waals surface area contributed by atoms with E-state index in [0.29, 0.717) is 0 Å². The molecule has 0 radical (unpaired) electrons. The summed E-state index contributed by atoms with van der Waals surface area (Å²) in [5.74, 6) is 0. The highest BCUT2D eigenvalue weighted by atomic mass is 14.8. The highest BCUT2D eigenvalue weighted by molar-refractivity contribution is 5.21. The van der Waals surface area contributed by atoms with Crippen LogP contribution in [-0.2, 0) is 12.8 Å². The van der Waals surface area contributed by atoms with E-state index in [-0.39, 0.29) is 0 Å². The first-order valence-corrected chi connectivity index (χ1v) is 5.15. The summed E-state index contributed by atoms with van der Waals surface area (Å²) >= 11 is 0. The third-order valence-electron chi connectivity index (χ3n) is 2.41. The van der Waals surface area contributed by atoms with E-state index >= 15 is 0 Å². The molecule has 0 aliphatic heterocycles. The Balaban J connectivity index is 1.96. The van der Waals surface area contributed by atoms with Crippen molar-refractivity contribution in [3.8, 4) is 0 Å². The number of nitrogens with zero attached hydrogens (tertiary/aromatic N) is 2. The van der Waals surface area contributed by atoms with E-state index in [4.69, 9.17) is 0 Å². The molecule has 1 heterocycles. The van der Waals surface area contributed by atoms with Gasteiger partial charge in [-0.15, -0.1) is 0 Å². The molecule has 0 spiro atoms. The minimum atomic E-state index is 0.955. The molecule has 1 aromatic heterocycles. The third-order valence-corrected chi connectivity index (χ3v) is 2.41. The Morgan fingerprint density at radius 2 is 1.80 bits per heavy atom. The Bertz CT molecular complexity index is 406. The minimum absolute atomic E-state index is 0.955. The Labute approximate surface area is 90.0 Å². The molecule has 0 saturated carbocycles. The fraction of sp³-hybridized carbons (Fsp3) is 0.231. The van der Waals surface area contributed by atoms with Gasteiger partial charge < -0.3 is 0 Å². The first-order valence-electron chi connectivity index (χ1n) is 5.15. The molecule has 76 valence electrons. The summed E-state index contributed by atoms with van der Waals surface area (Å²) in [5, 5.41) is 0. The van der Waals surface area contributed by atoms with Crippen LogP contribution in [0.2, 0.25) is 0 Å². The van der Waals surface area contributed by atoms with Crippen molar-refractivity contribution in [2.45, 2.75) is 19.8 Å². The lowest BCUT2D eigenvalue weighted by molar-refractivity contribution is 0.898. The van der Waals surface area contributed by atoms with E-state index in [2.05, 4.69) is 41.2 Å². The van der Waals surface area contributed by atoms with E-state index < -0.39 is 0 Å². The fourth-order valence-electron chi connectivity index (χ4n) is 1.49. The zero-order valence-electron chi connectivity index (χ0n) is 8.85. The molecular weight excluding hydrogens is 184 g/mol. The molecule has 0 atom stereocenters. The molecule has 2 rings (SSSR count). The zero-order chi connectivity index (χ0) is 10.5. The second kappa shape index (κ2) is 4.69. The van der Waals surface area contributed by atoms with Gasteiger partial charge in [-0.1, -0.05) is 29.8 Å². The van der Waals surface area contributed by atoms with Gasteiger partial charge in [-0.2, -0.15) is 0 Å². The predicted octanol–water partition coefficient (Wildman–Crippen LogP) is 2.57. The first kappa shape index (κ1) is 9.84. The molecule has 15 heavy (non-hydrogen) atoms. The number of aromatic nitrogens is 2. The molecule has 2 heteroatoms. The van der Waals surface area contributed by atoms with Crippen molar-refractivity contribution >= 4 is 0 Å². The Kier molecular flexibility index (Phi) is 3.08. The maximum Gasteiger partial charge on any atom is 0.0589 e. The van der Waals surface area contributed by atoms with Gasteiger partial charge in [-0.25, -0.2) is 0 Å². The molecule has 0 saturated heterocycles. The lowest BCUT2D eigenvalue weighted by Crippen LogP contribution is -1.94. The van der Waals surface area contributed by atoms with Gasteiger partial charge in [0.15, 0.2) is 0 Å². The van der Waals surface area contributed by atoms with Gasteiger partial charge in [0.1, 0.15) is 0 Å². The fourth-order valence-corrected chi connectivity index (χ4v) is 1.49. The van der Waals surface area contributed by atoms with E-state index in [1.165, 1.54) is 11.1 Å². The van der Waals surface area contributed by atoms with Gasteiger partial charge in [0.05, 0.1) is 5.69 Å². The van der Waals surface area contributed by atoms with Crippen molar-refractivity contribution in [1.82, 2.24) is 9.97 Å². The van der Waals surface area contributed by atoms with E-state index in [1.807, 2.05) is 6.20 Å². The predicted molar refractivity (Wildman–Crippen MR) is 60.6 cm³/mol. The number of hydrogen-bond donors (Lipinski definition) is 0. The van der Waals surface area contributed by atoms with Crippen LogP contribution in [-0.4, -0.2) is 9.97 Å². The highest BCUT2D eigenvalue weighted by Crippen LogP contribution is 2.06. The molecule has 0 fully saturated rings. The molecule has 0 bridgehead atoms. The minimum Gasteiger partial charge on any atom is -0.261 e. The van der Waals surface area contributed by atoms with Crippen molar-refractivity contribution in [2.24, 2.45) is 0 Å². The topological polar surface area (TPSA) is 25.8 Å². The van der Waals surface area contributed by atoms with Crippen LogP contribution < -0.4 is 0 Å². The van der Waals surface area contributed by atoms with Crippen LogP contribution >= 0.6 is 0 Å². The van der Waals surface area contributed by atoms with Crippen LogP contribution in [0.5, 0.6) is 0 Å². The molecule has 0 aliphatic rings. The maximum atomic E-state index is 4.25. The van der Waals surface area contributed by atoms with Gasteiger partial charge in [0.2, 0.25) is 0 Å². The Hall–Kier alpha value is -1.70. The van der Waals surface area contributed by atoms with Crippen LogP contribution in [0.25, 0.3) is 0 Å². The maximum absolute atomic E-state index is 4.25. The summed E-state index contributed by atoms with van der Waals surface area (Å²) < 4.78 is 0. The van der Waals surface area contributed by atoms with E-state index in [1.54, 1.807) is 12.4 Å². The number of benzene rings is 1. The lowest BCUT2D eigenvalue weighted by atomic mass is 10.1. The standard InChI is InChI=1S/C13H14N2/c1-11-2-4-12(5-3-11)6-7-13-10-14-8-9-15-13/h2-5,8-10H,6-7H2,1H3. The normalized spacial score (nSPS) is 10.2. The molecule has 0 amide bonds. The van der Waals surface area contributed by atoms with Crippen LogP contribution in [0, 0.1) is 6.92 Å². The zero-order valence-corrected chi connectivity index (χ0v) is 8.85. The van der Waals surface area contributed by atoms with Gasteiger partial charge in [-0.3, -0.25) is 9.97 Å². The number of hydrogen-bond acceptors (Lipinski definition) is 2. The molecule has 1 aromatic carbocycles. The third kappa shape index (κ3) is 2.88. The Morgan fingerprint density at radius 3 is 2.47 bits per heavy atom. The average molecular weight is 198 g/mol. The summed E-state index contributed by atoms with van der Waals surface area (Å²) in [6.07, 6.45) is 7.25. The van der Waals surface area contributed by atoms with Crippen molar-refractivity contribution in [3.05, 3.63) is 59.7 Å².